The van der Waals surface area contributed by atoms with Crippen molar-refractivity contribution in [1.29, 1.82) is 0 Å². The van der Waals surface area contributed by atoms with Gasteiger partial charge < -0.3 is 10.2 Å². The Morgan fingerprint density at radius 3 is 2.15 bits per heavy atom. The van der Waals surface area contributed by atoms with Crippen LogP contribution >= 0.6 is 0 Å². The summed E-state index contributed by atoms with van der Waals surface area (Å²) in [5.74, 6) is -3.59. The summed E-state index contributed by atoms with van der Waals surface area (Å²) < 4.78 is 39.9. The molecule has 2 fully saturated rings. The van der Waals surface area contributed by atoms with E-state index in [1.54, 1.807) is 0 Å². The van der Waals surface area contributed by atoms with E-state index in [1.807, 2.05) is 0 Å². The minimum Gasteiger partial charge on any atom is -0.365 e. The molecule has 0 saturated carbocycles. The molecule has 2 bridgehead atoms. The molecule has 2 heterocycles. The summed E-state index contributed by atoms with van der Waals surface area (Å²) in [6, 6.07) is 3.31. The monoisotopic (exact) mass is 284 g/mol. The Morgan fingerprint density at radius 1 is 1.10 bits per heavy atom. The summed E-state index contributed by atoms with van der Waals surface area (Å²) in [5, 5.41) is 3.45. The average Bonchev–Trinajstić information content (AvgIpc) is 2.67. The quantitative estimate of drug-likeness (QED) is 0.857. The molecule has 5 heteroatoms. The number of nitrogens with one attached hydrogen (secondary N) is 1. The van der Waals surface area contributed by atoms with Crippen LogP contribution < -0.4 is 10.2 Å². The second-order valence-corrected chi connectivity index (χ2v) is 5.74. The fourth-order valence-corrected chi connectivity index (χ4v) is 3.75. The molecular weight excluding hydrogens is 265 g/mol. The Balaban J connectivity index is 1.85. The van der Waals surface area contributed by atoms with Gasteiger partial charge in [0.2, 0.25) is 0 Å². The highest BCUT2D eigenvalue weighted by atomic mass is 19.2. The molecule has 2 aliphatic rings. The topological polar surface area (TPSA) is 15.3 Å². The first kappa shape index (κ1) is 13.7. The molecule has 110 valence electrons. The molecule has 2 atom stereocenters. The van der Waals surface area contributed by atoms with Crippen molar-refractivity contribution < 1.29 is 13.2 Å². The summed E-state index contributed by atoms with van der Waals surface area (Å²) in [6.45, 7) is 3.02. The molecule has 0 aromatic heterocycles. The second kappa shape index (κ2) is 5.28. The summed E-state index contributed by atoms with van der Waals surface area (Å²) in [6.07, 6.45) is 4.02. The van der Waals surface area contributed by atoms with Crippen LogP contribution in [0.25, 0.3) is 0 Å². The molecule has 2 unspecified atom stereocenters. The van der Waals surface area contributed by atoms with Gasteiger partial charge in [0.15, 0.2) is 17.5 Å². The lowest BCUT2D eigenvalue weighted by atomic mass is 9.96. The van der Waals surface area contributed by atoms with Crippen molar-refractivity contribution in [2.75, 3.05) is 11.4 Å². The fraction of sp³-hybridized carbons (Fsp3) is 0.600. The number of anilines is 1. The van der Waals surface area contributed by atoms with Crippen LogP contribution in [0.4, 0.5) is 18.9 Å². The molecule has 20 heavy (non-hydrogen) atoms. The molecule has 2 aliphatic heterocycles. The van der Waals surface area contributed by atoms with Crippen molar-refractivity contribution in [2.45, 2.75) is 50.7 Å². The van der Waals surface area contributed by atoms with Crippen LogP contribution in [-0.4, -0.2) is 24.7 Å². The maximum absolute atomic E-state index is 13.4. The molecule has 0 spiro atoms. The second-order valence-electron chi connectivity index (χ2n) is 5.74. The van der Waals surface area contributed by atoms with E-state index in [1.165, 1.54) is 0 Å². The van der Waals surface area contributed by atoms with Gasteiger partial charge in [0.1, 0.15) is 0 Å². The summed E-state index contributed by atoms with van der Waals surface area (Å²) in [4.78, 5) is 2.08. The maximum Gasteiger partial charge on any atom is 0.194 e. The van der Waals surface area contributed by atoms with E-state index < -0.39 is 17.5 Å². The molecule has 1 N–H and O–H groups in total. The predicted molar refractivity (Wildman–Crippen MR) is 72.3 cm³/mol. The zero-order valence-corrected chi connectivity index (χ0v) is 11.5. The van der Waals surface area contributed by atoms with Gasteiger partial charge in [-0.15, -0.1) is 0 Å². The maximum atomic E-state index is 13.4. The van der Waals surface area contributed by atoms with Gasteiger partial charge in [-0.2, -0.15) is 0 Å². The highest BCUT2D eigenvalue weighted by Crippen LogP contribution is 2.40. The van der Waals surface area contributed by atoms with Gasteiger partial charge >= 0.3 is 0 Å². The fourth-order valence-electron chi connectivity index (χ4n) is 3.75. The van der Waals surface area contributed by atoms with E-state index >= 15 is 0 Å². The summed E-state index contributed by atoms with van der Waals surface area (Å²) in [5.41, 5.74) is 0.476. The van der Waals surface area contributed by atoms with Crippen LogP contribution in [0.3, 0.4) is 0 Å². The lowest BCUT2D eigenvalue weighted by Crippen LogP contribution is -2.49. The number of hydrogen-bond acceptors (Lipinski definition) is 2. The van der Waals surface area contributed by atoms with Crippen molar-refractivity contribution in [1.82, 2.24) is 5.32 Å². The number of halogens is 3. The first-order chi connectivity index (χ1) is 9.60. The zero-order chi connectivity index (χ0) is 14.3. The molecule has 3 rings (SSSR count). The van der Waals surface area contributed by atoms with Crippen molar-refractivity contribution >= 4 is 5.69 Å². The highest BCUT2D eigenvalue weighted by Gasteiger charge is 2.40. The molecule has 1 aromatic rings. The van der Waals surface area contributed by atoms with E-state index in [-0.39, 0.29) is 0 Å². The molecule has 0 aliphatic carbocycles. The molecule has 1 aromatic carbocycles. The van der Waals surface area contributed by atoms with Gasteiger partial charge in [-0.25, -0.2) is 13.2 Å². The van der Waals surface area contributed by atoms with Gasteiger partial charge in [-0.1, -0.05) is 6.92 Å². The average molecular weight is 284 g/mol. The van der Waals surface area contributed by atoms with Crippen LogP contribution in [0.1, 0.15) is 32.6 Å². The normalized spacial score (nSPS) is 29.0. The van der Waals surface area contributed by atoms with Crippen molar-refractivity contribution in [3.8, 4) is 0 Å². The van der Waals surface area contributed by atoms with E-state index in [4.69, 9.17) is 0 Å². The highest BCUT2D eigenvalue weighted by molar-refractivity contribution is 5.51. The molecular formula is C15H19F3N2. The number of benzene rings is 1. The Hall–Kier alpha value is -1.23. The molecule has 0 amide bonds. The van der Waals surface area contributed by atoms with E-state index in [2.05, 4.69) is 17.1 Å². The lowest BCUT2D eigenvalue weighted by molar-refractivity contribution is 0.360. The molecule has 2 nitrogen and oxygen atoms in total. The Labute approximate surface area is 117 Å². The Morgan fingerprint density at radius 2 is 1.65 bits per heavy atom. The third-order valence-electron chi connectivity index (χ3n) is 4.49. The summed E-state index contributed by atoms with van der Waals surface area (Å²) in [7, 11) is 0. The first-order valence-electron chi connectivity index (χ1n) is 7.26. The zero-order valence-electron chi connectivity index (χ0n) is 11.5. The number of rotatable bonds is 3. The molecule has 0 radical (unpaired) electrons. The number of piperidine rings is 1. The number of nitrogens with zero attached hydrogens (tertiary/aromatic N) is 1. The van der Waals surface area contributed by atoms with E-state index in [0.717, 1.165) is 44.4 Å². The van der Waals surface area contributed by atoms with Crippen LogP contribution in [0.5, 0.6) is 0 Å². The van der Waals surface area contributed by atoms with Gasteiger partial charge in [0.05, 0.1) is 0 Å². The SMILES string of the molecule is CCNC1CC2CCC(C1)N2c1cc(F)c(F)c(F)c1. The van der Waals surface area contributed by atoms with Gasteiger partial charge in [-0.3, -0.25) is 0 Å². The van der Waals surface area contributed by atoms with Crippen molar-refractivity contribution in [3.05, 3.63) is 29.6 Å². The van der Waals surface area contributed by atoms with Crippen LogP contribution in [0.15, 0.2) is 12.1 Å². The Kier molecular flexibility index (Phi) is 3.63. The van der Waals surface area contributed by atoms with E-state index in [0.29, 0.717) is 23.8 Å². The number of hydrogen-bond donors (Lipinski definition) is 1. The smallest absolute Gasteiger partial charge is 0.194 e. The van der Waals surface area contributed by atoms with Crippen LogP contribution in [0, 0.1) is 17.5 Å². The molecule has 2 saturated heterocycles. The van der Waals surface area contributed by atoms with Crippen molar-refractivity contribution in [3.63, 3.8) is 0 Å². The van der Waals surface area contributed by atoms with E-state index in [9.17, 15) is 13.2 Å². The third kappa shape index (κ3) is 2.28. The minimum atomic E-state index is -1.39. The predicted octanol–water partition coefficient (Wildman–Crippen LogP) is 3.21. The van der Waals surface area contributed by atoms with Gasteiger partial charge in [0.25, 0.3) is 0 Å². The lowest BCUT2D eigenvalue weighted by Gasteiger charge is -2.41. The van der Waals surface area contributed by atoms with Crippen molar-refractivity contribution in [2.24, 2.45) is 0 Å². The summed E-state index contributed by atoms with van der Waals surface area (Å²) >= 11 is 0. The van der Waals surface area contributed by atoms with Crippen LogP contribution in [0.2, 0.25) is 0 Å². The van der Waals surface area contributed by atoms with Gasteiger partial charge in [-0.05, 0) is 32.2 Å². The number of fused-ring (bicyclic) bond motifs is 2. The first-order valence-corrected chi connectivity index (χ1v) is 7.26. The standard InChI is InChI=1S/C15H19F3N2/c1-2-19-9-5-10-3-4-11(6-9)20(10)12-7-13(16)15(18)14(17)8-12/h7-11,19H,2-6H2,1H3. The van der Waals surface area contributed by atoms with Gasteiger partial charge in [0, 0.05) is 35.9 Å². The minimum absolute atomic E-state index is 0.294. The van der Waals surface area contributed by atoms with Crippen LogP contribution in [-0.2, 0) is 0 Å². The Bertz CT molecular complexity index is 469. The third-order valence-corrected chi connectivity index (χ3v) is 4.49. The largest absolute Gasteiger partial charge is 0.365 e.